The minimum Gasteiger partial charge on any atom is -0.392 e. The van der Waals surface area contributed by atoms with Crippen LogP contribution in [-0.2, 0) is 32.6 Å². The van der Waals surface area contributed by atoms with Crippen LogP contribution in [0.5, 0.6) is 0 Å². The molecule has 0 unspecified atom stereocenters. The Labute approximate surface area is 266 Å². The summed E-state index contributed by atoms with van der Waals surface area (Å²) in [5.74, 6) is 0.0586. The number of aliphatic hydroxyl groups excluding tert-OH is 1. The van der Waals surface area contributed by atoms with Crippen LogP contribution in [0.4, 0.5) is 5.69 Å². The molecule has 2 fully saturated rings. The number of aliphatic hydroxyl groups is 1. The first-order valence-corrected chi connectivity index (χ1v) is 17.0. The Bertz CT molecular complexity index is 1630. The van der Waals surface area contributed by atoms with Crippen LogP contribution in [-0.4, -0.2) is 62.2 Å². The monoisotopic (exact) mass is 627 g/mol. The molecule has 2 heterocycles. The number of nitrogens with one attached hydrogen (secondary N) is 1. The summed E-state index contributed by atoms with van der Waals surface area (Å²) in [5.41, 5.74) is 4.38. The van der Waals surface area contributed by atoms with E-state index in [9.17, 15) is 13.5 Å². The third-order valence-corrected chi connectivity index (χ3v) is 10.1. The van der Waals surface area contributed by atoms with Gasteiger partial charge in [-0.3, -0.25) is 14.5 Å². The average molecular weight is 628 g/mol. The second-order valence-electron chi connectivity index (χ2n) is 11.9. The highest BCUT2D eigenvalue weighted by Gasteiger charge is 2.39. The molecule has 0 bridgehead atoms. The molecule has 0 aliphatic carbocycles. The van der Waals surface area contributed by atoms with Gasteiger partial charge in [-0.2, -0.15) is 0 Å². The first-order valence-electron chi connectivity index (χ1n) is 15.5. The van der Waals surface area contributed by atoms with E-state index < -0.39 is 16.3 Å². The molecule has 4 aromatic carbocycles. The summed E-state index contributed by atoms with van der Waals surface area (Å²) in [5, 5.41) is 9.58. The van der Waals surface area contributed by atoms with Gasteiger partial charge < -0.3 is 14.6 Å². The van der Waals surface area contributed by atoms with Crippen molar-refractivity contribution >= 4 is 15.7 Å². The molecule has 0 amide bonds. The van der Waals surface area contributed by atoms with Crippen molar-refractivity contribution in [3.63, 3.8) is 0 Å². The van der Waals surface area contributed by atoms with Crippen LogP contribution >= 0.6 is 0 Å². The van der Waals surface area contributed by atoms with Crippen molar-refractivity contribution in [1.29, 1.82) is 0 Å². The van der Waals surface area contributed by atoms with E-state index >= 15 is 0 Å². The van der Waals surface area contributed by atoms with Gasteiger partial charge in [0.25, 0.3) is 10.0 Å². The van der Waals surface area contributed by atoms with E-state index in [0.29, 0.717) is 5.69 Å². The number of hydrogen-bond acceptors (Lipinski definition) is 7. The van der Waals surface area contributed by atoms with Crippen LogP contribution in [0.25, 0.3) is 0 Å². The summed E-state index contributed by atoms with van der Waals surface area (Å²) >= 11 is 0. The lowest BCUT2D eigenvalue weighted by Crippen LogP contribution is -2.51. The zero-order chi connectivity index (χ0) is 31.2. The molecule has 2 aliphatic heterocycles. The molecule has 0 spiro atoms. The van der Waals surface area contributed by atoms with Crippen molar-refractivity contribution < 1.29 is 23.0 Å². The van der Waals surface area contributed by atoms with E-state index in [1.807, 2.05) is 36.4 Å². The first-order chi connectivity index (χ1) is 21.9. The number of hydrogen-bond donors (Lipinski definition) is 2. The van der Waals surface area contributed by atoms with Gasteiger partial charge in [0.15, 0.2) is 6.29 Å². The summed E-state index contributed by atoms with van der Waals surface area (Å²) in [4.78, 5) is 5.17. The van der Waals surface area contributed by atoms with E-state index in [1.165, 1.54) is 5.56 Å². The summed E-state index contributed by atoms with van der Waals surface area (Å²) in [6.07, 6.45) is -1.04. The van der Waals surface area contributed by atoms with Crippen molar-refractivity contribution in [2.75, 3.05) is 37.4 Å². The minimum absolute atomic E-state index is 0.0162. The van der Waals surface area contributed by atoms with E-state index in [2.05, 4.69) is 51.8 Å². The van der Waals surface area contributed by atoms with Crippen molar-refractivity contribution in [2.45, 2.75) is 43.5 Å². The number of ether oxygens (including phenoxy) is 2. The normalized spacial score (nSPS) is 23.1. The molecule has 2 aliphatic rings. The van der Waals surface area contributed by atoms with E-state index in [0.717, 1.165) is 56.0 Å². The van der Waals surface area contributed by atoms with Gasteiger partial charge in [-0.1, -0.05) is 91.9 Å². The maximum absolute atomic E-state index is 13.0. The minimum atomic E-state index is -3.75. The fraction of sp³-hybridized carbons (Fsp3) is 0.333. The number of rotatable bonds is 10. The third-order valence-electron chi connectivity index (χ3n) is 8.74. The Morgan fingerprint density at radius 1 is 0.756 bits per heavy atom. The van der Waals surface area contributed by atoms with Crippen molar-refractivity contribution in [1.82, 2.24) is 9.80 Å². The van der Waals surface area contributed by atoms with Crippen LogP contribution in [0.3, 0.4) is 0 Å². The lowest BCUT2D eigenvalue weighted by atomic mass is 9.90. The standard InChI is InChI=1S/C36H41N3O5S/c1-27-34(25-39-21-19-38(20-22-39)24-28-9-4-2-5-10-28)43-36(44-35(27)30-17-15-29(26-40)16-18-30)31-11-8-12-32(23-31)37-45(41,42)33-13-6-3-7-14-33/h2-18,23,27,34-37,40H,19-22,24-26H2,1H3/t27-,34+,35+,36+/m1/s1. The molecule has 4 aromatic rings. The molecule has 4 atom stereocenters. The third kappa shape index (κ3) is 7.81. The zero-order valence-corrected chi connectivity index (χ0v) is 26.4. The first kappa shape index (κ1) is 31.4. The fourth-order valence-corrected chi connectivity index (χ4v) is 7.19. The molecule has 2 saturated heterocycles. The summed E-state index contributed by atoms with van der Waals surface area (Å²) in [6, 6.07) is 34.0. The van der Waals surface area contributed by atoms with Crippen LogP contribution in [0.15, 0.2) is 114 Å². The number of sulfonamides is 1. The van der Waals surface area contributed by atoms with Gasteiger partial charge in [0.05, 0.1) is 23.7 Å². The molecular weight excluding hydrogens is 586 g/mol. The Hall–Kier alpha value is -3.57. The van der Waals surface area contributed by atoms with E-state index in [1.54, 1.807) is 42.5 Å². The molecule has 236 valence electrons. The molecular formula is C36H41N3O5S. The van der Waals surface area contributed by atoms with E-state index in [4.69, 9.17) is 9.47 Å². The van der Waals surface area contributed by atoms with Gasteiger partial charge in [0.2, 0.25) is 0 Å². The second-order valence-corrected chi connectivity index (χ2v) is 13.6. The smallest absolute Gasteiger partial charge is 0.261 e. The van der Waals surface area contributed by atoms with Crippen LogP contribution in [0, 0.1) is 5.92 Å². The van der Waals surface area contributed by atoms with Gasteiger partial charge in [0.1, 0.15) is 0 Å². The van der Waals surface area contributed by atoms with Gasteiger partial charge in [-0.05, 0) is 41.0 Å². The Morgan fingerprint density at radius 2 is 1.42 bits per heavy atom. The van der Waals surface area contributed by atoms with Gasteiger partial charge in [-0.15, -0.1) is 0 Å². The topological polar surface area (TPSA) is 91.3 Å². The van der Waals surface area contributed by atoms with Crippen molar-refractivity contribution in [3.8, 4) is 0 Å². The molecule has 6 rings (SSSR count). The number of nitrogens with zero attached hydrogens (tertiary/aromatic N) is 2. The Balaban J connectivity index is 1.19. The summed E-state index contributed by atoms with van der Waals surface area (Å²) < 4.78 is 42.1. The SMILES string of the molecule is C[C@@H]1[C@H](CN2CCN(Cc3ccccc3)CC2)O[C@H](c2cccc(NS(=O)(=O)c3ccccc3)c2)O[C@@H]1c1ccc(CO)cc1. The predicted molar refractivity (Wildman–Crippen MR) is 175 cm³/mol. The van der Waals surface area contributed by atoms with Crippen LogP contribution in [0.1, 0.15) is 41.6 Å². The van der Waals surface area contributed by atoms with E-state index in [-0.39, 0.29) is 29.6 Å². The Kier molecular flexibility index (Phi) is 9.94. The van der Waals surface area contributed by atoms with Gasteiger partial charge in [0, 0.05) is 56.4 Å². The molecule has 2 N–H and O–H groups in total. The molecule has 0 saturated carbocycles. The van der Waals surface area contributed by atoms with Crippen LogP contribution < -0.4 is 4.72 Å². The Morgan fingerprint density at radius 3 is 2.11 bits per heavy atom. The zero-order valence-electron chi connectivity index (χ0n) is 25.5. The summed E-state index contributed by atoms with van der Waals surface area (Å²) in [6.45, 7) is 7.77. The largest absolute Gasteiger partial charge is 0.392 e. The van der Waals surface area contributed by atoms with Gasteiger partial charge >= 0.3 is 0 Å². The fourth-order valence-electron chi connectivity index (χ4n) is 6.12. The molecule has 0 aromatic heterocycles. The lowest BCUT2D eigenvalue weighted by molar-refractivity contribution is -0.276. The maximum atomic E-state index is 13.0. The molecule has 0 radical (unpaired) electrons. The predicted octanol–water partition coefficient (Wildman–Crippen LogP) is 5.59. The average Bonchev–Trinajstić information content (AvgIpc) is 3.07. The highest BCUT2D eigenvalue weighted by Crippen LogP contribution is 2.42. The molecule has 9 heteroatoms. The van der Waals surface area contributed by atoms with Crippen molar-refractivity contribution in [2.24, 2.45) is 5.92 Å². The molecule has 8 nitrogen and oxygen atoms in total. The molecule has 45 heavy (non-hydrogen) atoms. The summed E-state index contributed by atoms with van der Waals surface area (Å²) in [7, 11) is -3.75. The highest BCUT2D eigenvalue weighted by atomic mass is 32.2. The highest BCUT2D eigenvalue weighted by molar-refractivity contribution is 7.92. The van der Waals surface area contributed by atoms with Crippen molar-refractivity contribution in [3.05, 3.63) is 131 Å². The maximum Gasteiger partial charge on any atom is 0.261 e. The lowest BCUT2D eigenvalue weighted by Gasteiger charge is -2.44. The van der Waals surface area contributed by atoms with Crippen LogP contribution in [0.2, 0.25) is 0 Å². The number of piperazine rings is 1. The second kappa shape index (κ2) is 14.2. The quantitative estimate of drug-likeness (QED) is 0.237. The number of anilines is 1. The van der Waals surface area contributed by atoms with Gasteiger partial charge in [-0.25, -0.2) is 8.42 Å². The number of benzene rings is 4.